The molecule has 4 aliphatic rings. The molecule has 3 fully saturated rings. The summed E-state index contributed by atoms with van der Waals surface area (Å²) < 4.78 is 61.3. The lowest BCUT2D eigenvalue weighted by atomic mass is 10.0. The number of halogens is 2. The Morgan fingerprint density at radius 3 is 2.58 bits per heavy atom. The van der Waals surface area contributed by atoms with E-state index < -0.39 is 78.0 Å². The van der Waals surface area contributed by atoms with Crippen LogP contribution in [0.5, 0.6) is 11.6 Å². The van der Waals surface area contributed by atoms with Crippen molar-refractivity contribution in [3.63, 3.8) is 0 Å². The van der Waals surface area contributed by atoms with E-state index in [1.165, 1.54) is 11.0 Å². The summed E-state index contributed by atoms with van der Waals surface area (Å²) >= 11 is 0. The summed E-state index contributed by atoms with van der Waals surface area (Å²) in [6.45, 7) is -0.0471. The predicted octanol–water partition coefficient (Wildman–Crippen LogP) is 6.73. The molecule has 2 aliphatic heterocycles. The maximum Gasteiger partial charge on any atom is 0.408 e. The number of allylic oxidation sites excluding steroid dienone is 1. The maximum atomic E-state index is 14.8. The molecule has 12 nitrogen and oxygen atoms in total. The summed E-state index contributed by atoms with van der Waals surface area (Å²) in [6, 6.07) is 8.24. The van der Waals surface area contributed by atoms with Gasteiger partial charge in [-0.2, -0.15) is 0 Å². The molecule has 3 N–H and O–H groups in total. The molecule has 0 radical (unpaired) electrons. The van der Waals surface area contributed by atoms with Gasteiger partial charge in [0, 0.05) is 29.5 Å². The van der Waals surface area contributed by atoms with Crippen molar-refractivity contribution in [2.75, 3.05) is 13.7 Å². The molecule has 6 atom stereocenters. The Labute approximate surface area is 318 Å². The highest BCUT2D eigenvalue weighted by Gasteiger charge is 2.66. The monoisotopic (exact) mass is 780 g/mol. The Balaban J connectivity index is 1.20. The highest BCUT2D eigenvalue weighted by Crippen LogP contribution is 2.71. The fourth-order valence-electron chi connectivity index (χ4n) is 8.19. The molecule has 294 valence electrons. The second-order valence-electron chi connectivity index (χ2n) is 15.0. The minimum Gasteiger partial charge on any atom is -0.497 e. The molecule has 55 heavy (non-hydrogen) atoms. The lowest BCUT2D eigenvalue weighted by Crippen LogP contribution is -2.55. The standard InChI is InChI=1S/C40H47F2N4O8P/c1-52-28-16-17-30-25(20-28)18-19-43-37(30)53-29-21-35-36(47)45-40(55(50,51)24-31-32(41)13-9-14-33(31)42)22-26(40)10-5-3-2-4-6-15-34(38(48)46(35)23-29)44-39(49)54-27-11-7-8-12-27/h5,9-10,13-14,16-20,26-27,29,34-35H,2-4,6-8,11-12,15,21-24H2,1H3,(H,44,49)(H,45,47)(H,50,51)/b10-5-/t26-,29-,34+,35+,40+/m1/s1. The van der Waals surface area contributed by atoms with Crippen LogP contribution in [0.2, 0.25) is 0 Å². The van der Waals surface area contributed by atoms with Crippen molar-refractivity contribution in [1.29, 1.82) is 0 Å². The van der Waals surface area contributed by atoms with Crippen LogP contribution in [0.25, 0.3) is 10.8 Å². The zero-order chi connectivity index (χ0) is 38.7. The van der Waals surface area contributed by atoms with Crippen molar-refractivity contribution in [3.8, 4) is 11.6 Å². The molecular formula is C40H47F2N4O8P. The molecule has 0 bridgehead atoms. The third-order valence-electron chi connectivity index (χ3n) is 11.3. The van der Waals surface area contributed by atoms with Gasteiger partial charge in [0.15, 0.2) is 0 Å². The van der Waals surface area contributed by atoms with Crippen LogP contribution in [0, 0.1) is 17.6 Å². The molecule has 1 unspecified atom stereocenters. The molecular weight excluding hydrogens is 733 g/mol. The number of nitrogens with one attached hydrogen (secondary N) is 2. The molecule has 7 rings (SSSR count). The van der Waals surface area contributed by atoms with Gasteiger partial charge >= 0.3 is 6.09 Å². The number of alkyl carbamates (subject to hydrolysis) is 1. The number of amides is 3. The highest BCUT2D eigenvalue weighted by molar-refractivity contribution is 7.59. The maximum absolute atomic E-state index is 14.8. The van der Waals surface area contributed by atoms with Gasteiger partial charge in [-0.25, -0.2) is 18.6 Å². The van der Waals surface area contributed by atoms with Crippen molar-refractivity contribution >= 4 is 36.0 Å². The number of carbonyl (C=O) groups excluding carboxylic acids is 3. The number of ether oxygens (including phenoxy) is 3. The molecule has 2 aliphatic carbocycles. The van der Waals surface area contributed by atoms with E-state index >= 15 is 0 Å². The molecule has 3 aromatic rings. The third kappa shape index (κ3) is 8.35. The van der Waals surface area contributed by atoms with E-state index in [9.17, 15) is 32.6 Å². The van der Waals surface area contributed by atoms with Crippen LogP contribution < -0.4 is 20.1 Å². The molecule has 1 saturated heterocycles. The van der Waals surface area contributed by atoms with Crippen molar-refractivity contribution in [2.24, 2.45) is 5.92 Å². The number of aromatic nitrogens is 1. The van der Waals surface area contributed by atoms with Gasteiger partial charge in [-0.15, -0.1) is 0 Å². The van der Waals surface area contributed by atoms with E-state index in [1.54, 1.807) is 31.5 Å². The number of hydrogen-bond acceptors (Lipinski definition) is 8. The summed E-state index contributed by atoms with van der Waals surface area (Å²) in [6.07, 6.45) is 9.29. The number of rotatable bonds is 8. The Kier molecular flexibility index (Phi) is 11.5. The molecule has 2 aromatic carbocycles. The van der Waals surface area contributed by atoms with E-state index in [0.29, 0.717) is 30.4 Å². The van der Waals surface area contributed by atoms with Gasteiger partial charge in [-0.05, 0) is 93.2 Å². The van der Waals surface area contributed by atoms with E-state index in [2.05, 4.69) is 15.6 Å². The first-order valence-electron chi connectivity index (χ1n) is 19.1. The van der Waals surface area contributed by atoms with Crippen molar-refractivity contribution in [3.05, 3.63) is 78.0 Å². The molecule has 0 spiro atoms. The largest absolute Gasteiger partial charge is 0.497 e. The van der Waals surface area contributed by atoms with Crippen LogP contribution >= 0.6 is 7.37 Å². The number of fused-ring (bicyclic) bond motifs is 3. The fourth-order valence-corrected chi connectivity index (χ4v) is 10.6. The smallest absolute Gasteiger partial charge is 0.408 e. The minimum absolute atomic E-state index is 0.000701. The zero-order valence-electron chi connectivity index (χ0n) is 30.8. The van der Waals surface area contributed by atoms with E-state index in [0.717, 1.165) is 56.0 Å². The number of pyridine rings is 1. The molecule has 2 saturated carbocycles. The van der Waals surface area contributed by atoms with Crippen LogP contribution in [0.1, 0.15) is 76.2 Å². The van der Waals surface area contributed by atoms with Gasteiger partial charge in [0.25, 0.3) is 0 Å². The second kappa shape index (κ2) is 16.3. The third-order valence-corrected chi connectivity index (χ3v) is 14.0. The lowest BCUT2D eigenvalue weighted by molar-refractivity contribution is -0.140. The van der Waals surface area contributed by atoms with Crippen LogP contribution in [0.4, 0.5) is 13.6 Å². The Morgan fingerprint density at radius 1 is 1.05 bits per heavy atom. The van der Waals surface area contributed by atoms with Gasteiger partial charge in [-0.3, -0.25) is 14.2 Å². The normalized spacial score (nSPS) is 27.8. The van der Waals surface area contributed by atoms with Crippen molar-refractivity contribution in [2.45, 2.75) is 106 Å². The van der Waals surface area contributed by atoms with Crippen molar-refractivity contribution < 1.29 is 46.8 Å². The van der Waals surface area contributed by atoms with Gasteiger partial charge in [-0.1, -0.05) is 31.1 Å². The average molecular weight is 781 g/mol. The van der Waals surface area contributed by atoms with Gasteiger partial charge in [0.2, 0.25) is 25.1 Å². The molecule has 3 amide bonds. The summed E-state index contributed by atoms with van der Waals surface area (Å²) in [5.74, 6) is -2.80. The lowest BCUT2D eigenvalue weighted by Gasteiger charge is -2.31. The summed E-state index contributed by atoms with van der Waals surface area (Å²) in [5, 5.41) is 5.37. The second-order valence-corrected chi connectivity index (χ2v) is 17.6. The number of carbonyl (C=O) groups is 3. The first kappa shape index (κ1) is 38.7. The van der Waals surface area contributed by atoms with Crippen molar-refractivity contribution in [1.82, 2.24) is 20.5 Å². The Bertz CT molecular complexity index is 1990. The highest BCUT2D eigenvalue weighted by atomic mass is 31.2. The van der Waals surface area contributed by atoms with Gasteiger partial charge in [0.1, 0.15) is 47.0 Å². The summed E-state index contributed by atoms with van der Waals surface area (Å²) in [4.78, 5) is 59.6. The first-order valence-corrected chi connectivity index (χ1v) is 20.9. The molecule has 1 aromatic heterocycles. The number of hydrogen-bond donors (Lipinski definition) is 3. The quantitative estimate of drug-likeness (QED) is 0.167. The SMILES string of the molecule is COc1ccc2c(O[C@@H]3C[C@H]4C(=O)N[C@]5(P(=O)(O)Cc6c(F)cccc6F)C[C@H]5/C=C\CCCCC[C@H](NC(=O)OC5CCCC5)C(=O)N4C3)nccc2c1. The van der Waals surface area contributed by atoms with Gasteiger partial charge in [0.05, 0.1) is 19.8 Å². The topological polar surface area (TPSA) is 156 Å². The minimum atomic E-state index is -4.55. The summed E-state index contributed by atoms with van der Waals surface area (Å²) in [7, 11) is -2.98. The Hall–Kier alpha value is -4.55. The van der Waals surface area contributed by atoms with Crippen LogP contribution in [0.15, 0.2) is 60.8 Å². The van der Waals surface area contributed by atoms with Gasteiger partial charge < -0.3 is 34.6 Å². The molecule has 3 heterocycles. The van der Waals surface area contributed by atoms with E-state index in [4.69, 9.17) is 14.2 Å². The van der Waals surface area contributed by atoms with E-state index in [1.807, 2.05) is 18.2 Å². The summed E-state index contributed by atoms with van der Waals surface area (Å²) in [5.41, 5.74) is -0.535. The number of nitrogens with zero attached hydrogens (tertiary/aromatic N) is 2. The Morgan fingerprint density at radius 2 is 1.82 bits per heavy atom. The first-order chi connectivity index (χ1) is 26.5. The van der Waals surface area contributed by atoms with Crippen LogP contribution in [-0.2, 0) is 25.1 Å². The number of methoxy groups -OCH3 is 1. The zero-order valence-corrected chi connectivity index (χ0v) is 31.6. The van der Waals surface area contributed by atoms with E-state index in [-0.39, 0.29) is 31.4 Å². The number of benzene rings is 2. The fraction of sp³-hybridized carbons (Fsp3) is 0.500. The van der Waals surface area contributed by atoms with Crippen LogP contribution in [-0.4, -0.2) is 75.9 Å². The molecule has 15 heteroatoms. The average Bonchev–Trinajstić information content (AvgIpc) is 3.43. The van der Waals surface area contributed by atoms with Crippen LogP contribution in [0.3, 0.4) is 0 Å². The predicted molar refractivity (Wildman–Crippen MR) is 200 cm³/mol.